The lowest BCUT2D eigenvalue weighted by molar-refractivity contribution is 0.352. The van der Waals surface area contributed by atoms with Gasteiger partial charge in [-0.05, 0) is 48.5 Å². The van der Waals surface area contributed by atoms with Gasteiger partial charge in [0.05, 0.1) is 0 Å². The Labute approximate surface area is 211 Å². The SMILES string of the molecule is N#[N+]c1ccc(Sc2ccccc2)cc1.N#[N+]c1ccc(Sc2ccccc2)cc1.O=S(=O)([O-])[O-]. The van der Waals surface area contributed by atoms with Gasteiger partial charge in [-0.1, -0.05) is 59.9 Å². The first-order chi connectivity index (χ1) is 16.8. The van der Waals surface area contributed by atoms with Gasteiger partial charge in [-0.15, -0.1) is 0 Å². The summed E-state index contributed by atoms with van der Waals surface area (Å²) in [6.45, 7) is 0. The van der Waals surface area contributed by atoms with Crippen LogP contribution in [0.15, 0.2) is 129 Å². The highest BCUT2D eigenvalue weighted by atomic mass is 32.3. The molecular weight excluding hydrogens is 504 g/mol. The monoisotopic (exact) mass is 522 g/mol. The summed E-state index contributed by atoms with van der Waals surface area (Å²) < 4.78 is 34.1. The van der Waals surface area contributed by atoms with Crippen molar-refractivity contribution in [2.24, 2.45) is 0 Å². The molecule has 0 N–H and O–H groups in total. The Morgan fingerprint density at radius 1 is 0.514 bits per heavy atom. The fourth-order valence-electron chi connectivity index (χ4n) is 2.41. The van der Waals surface area contributed by atoms with E-state index in [0.29, 0.717) is 11.4 Å². The largest absolute Gasteiger partial charge is 0.759 e. The summed E-state index contributed by atoms with van der Waals surface area (Å²) in [5.74, 6) is 0. The van der Waals surface area contributed by atoms with Crippen molar-refractivity contribution in [2.45, 2.75) is 19.6 Å². The molecule has 0 saturated carbocycles. The third kappa shape index (κ3) is 12.4. The molecule has 35 heavy (non-hydrogen) atoms. The second-order valence-electron chi connectivity index (χ2n) is 6.43. The number of benzene rings is 4. The summed E-state index contributed by atoms with van der Waals surface area (Å²) in [7, 11) is -5.17. The van der Waals surface area contributed by atoms with Crippen LogP contribution in [0.2, 0.25) is 0 Å². The standard InChI is InChI=1S/2C12H9N2S.H2O4S/c2*13-14-10-6-8-12(9-7-10)15-11-4-2-1-3-5-11;1-5(2,3)4/h2*1-9H;(H2,1,2,3,4)/q2*+1;/p-2. The molecule has 4 rings (SSSR count). The normalized spacial score (nSPS) is 9.83. The van der Waals surface area contributed by atoms with Crippen molar-refractivity contribution in [1.29, 1.82) is 10.8 Å². The molecule has 0 unspecified atom stereocenters. The molecule has 0 fully saturated rings. The first-order valence-corrected chi connectivity index (χ1v) is 12.8. The Hall–Kier alpha value is -3.71. The van der Waals surface area contributed by atoms with Gasteiger partial charge < -0.3 is 9.11 Å². The fourth-order valence-corrected chi connectivity index (χ4v) is 4.09. The van der Waals surface area contributed by atoms with Crippen LogP contribution in [0.5, 0.6) is 0 Å². The highest BCUT2D eigenvalue weighted by Gasteiger charge is 2.04. The number of hydrogen-bond donors (Lipinski definition) is 0. The van der Waals surface area contributed by atoms with Crippen molar-refractivity contribution in [3.63, 3.8) is 0 Å². The van der Waals surface area contributed by atoms with Gasteiger partial charge in [-0.2, -0.15) is 0 Å². The molecule has 176 valence electrons. The van der Waals surface area contributed by atoms with E-state index in [9.17, 15) is 0 Å². The lowest BCUT2D eigenvalue weighted by Gasteiger charge is -2.06. The van der Waals surface area contributed by atoms with Crippen LogP contribution in [0.3, 0.4) is 0 Å². The van der Waals surface area contributed by atoms with Crippen molar-refractivity contribution >= 4 is 45.3 Å². The number of rotatable bonds is 4. The van der Waals surface area contributed by atoms with Gasteiger partial charge in [0.1, 0.15) is 0 Å². The third-order valence-electron chi connectivity index (χ3n) is 3.86. The molecule has 0 aliphatic heterocycles. The van der Waals surface area contributed by atoms with Crippen molar-refractivity contribution in [1.82, 2.24) is 0 Å². The zero-order valence-corrected chi connectivity index (χ0v) is 20.5. The van der Waals surface area contributed by atoms with Crippen LogP contribution in [0.1, 0.15) is 0 Å². The molecule has 4 aromatic rings. The average Bonchev–Trinajstić information content (AvgIpc) is 2.86. The van der Waals surface area contributed by atoms with E-state index in [0.717, 1.165) is 9.79 Å². The van der Waals surface area contributed by atoms with Crippen LogP contribution in [0.25, 0.3) is 9.95 Å². The molecule has 4 aromatic carbocycles. The second kappa shape index (κ2) is 14.5. The summed E-state index contributed by atoms with van der Waals surface area (Å²) in [5.41, 5.74) is 1.15. The van der Waals surface area contributed by atoms with Crippen molar-refractivity contribution < 1.29 is 17.5 Å². The molecule has 0 aromatic heterocycles. The van der Waals surface area contributed by atoms with Gasteiger partial charge in [0.2, 0.25) is 10.8 Å². The molecule has 8 nitrogen and oxygen atoms in total. The summed E-state index contributed by atoms with van der Waals surface area (Å²) >= 11 is 3.37. The molecule has 0 aliphatic carbocycles. The van der Waals surface area contributed by atoms with E-state index in [1.807, 2.05) is 60.7 Å². The van der Waals surface area contributed by atoms with Crippen LogP contribution in [0, 0.1) is 10.8 Å². The van der Waals surface area contributed by atoms with E-state index in [4.69, 9.17) is 28.3 Å². The van der Waals surface area contributed by atoms with Crippen molar-refractivity contribution in [3.8, 4) is 0 Å². The molecule has 0 radical (unpaired) electrons. The Bertz CT molecular complexity index is 1270. The second-order valence-corrected chi connectivity index (χ2v) is 9.54. The minimum Gasteiger partial charge on any atom is -0.759 e. The molecular formula is C24H18N4O4S3. The molecule has 0 spiro atoms. The maximum absolute atomic E-state index is 8.54. The van der Waals surface area contributed by atoms with Gasteiger partial charge in [-0.3, -0.25) is 8.42 Å². The number of nitrogens with zero attached hydrogens (tertiary/aromatic N) is 4. The molecule has 0 aliphatic rings. The van der Waals surface area contributed by atoms with Gasteiger partial charge in [-0.25, -0.2) is 0 Å². The predicted molar refractivity (Wildman–Crippen MR) is 134 cm³/mol. The first kappa shape index (κ1) is 27.5. The number of hydrogen-bond acceptors (Lipinski definition) is 8. The topological polar surface area (TPSA) is 137 Å². The van der Waals surface area contributed by atoms with E-state index >= 15 is 0 Å². The van der Waals surface area contributed by atoms with Gasteiger partial charge in [0, 0.05) is 54.2 Å². The van der Waals surface area contributed by atoms with E-state index < -0.39 is 10.4 Å². The maximum Gasteiger partial charge on any atom is 0.385 e. The van der Waals surface area contributed by atoms with Crippen LogP contribution in [-0.4, -0.2) is 17.5 Å². The molecule has 0 amide bonds. The Kier molecular flexibility index (Phi) is 11.4. The fraction of sp³-hybridized carbons (Fsp3) is 0. The van der Waals surface area contributed by atoms with Crippen LogP contribution in [0.4, 0.5) is 11.4 Å². The minimum atomic E-state index is -5.17. The smallest absolute Gasteiger partial charge is 0.385 e. The van der Waals surface area contributed by atoms with E-state index in [-0.39, 0.29) is 0 Å². The number of diazo groups is 2. The minimum absolute atomic E-state index is 0.576. The summed E-state index contributed by atoms with van der Waals surface area (Å²) in [5, 5.41) is 17.1. The van der Waals surface area contributed by atoms with Crippen LogP contribution < -0.4 is 0 Å². The van der Waals surface area contributed by atoms with Crippen molar-refractivity contribution in [2.75, 3.05) is 0 Å². The first-order valence-electron chi connectivity index (χ1n) is 9.79. The molecule has 11 heteroatoms. The van der Waals surface area contributed by atoms with E-state index in [2.05, 4.69) is 34.2 Å². The van der Waals surface area contributed by atoms with Crippen LogP contribution >= 0.6 is 23.5 Å². The third-order valence-corrected chi connectivity index (χ3v) is 5.89. The van der Waals surface area contributed by atoms with Crippen LogP contribution in [-0.2, 0) is 10.4 Å². The predicted octanol–water partition coefficient (Wildman–Crippen LogP) is 7.31. The van der Waals surface area contributed by atoms with Gasteiger partial charge >= 0.3 is 11.4 Å². The average molecular weight is 523 g/mol. The molecule has 0 atom stereocenters. The Morgan fingerprint density at radius 3 is 1.03 bits per heavy atom. The quantitative estimate of drug-likeness (QED) is 0.154. The van der Waals surface area contributed by atoms with Crippen molar-refractivity contribution in [3.05, 3.63) is 119 Å². The molecule has 0 heterocycles. The molecule has 0 saturated heterocycles. The van der Waals surface area contributed by atoms with Gasteiger partial charge in [0.15, 0.2) is 9.95 Å². The van der Waals surface area contributed by atoms with E-state index in [1.54, 1.807) is 47.8 Å². The van der Waals surface area contributed by atoms with Gasteiger partial charge in [0.25, 0.3) is 0 Å². The molecule has 0 bridgehead atoms. The highest BCUT2D eigenvalue weighted by Crippen LogP contribution is 2.29. The highest BCUT2D eigenvalue weighted by molar-refractivity contribution is 7.99. The Morgan fingerprint density at radius 2 is 0.771 bits per heavy atom. The zero-order chi connectivity index (χ0) is 25.5. The Balaban J connectivity index is 0.000000208. The lowest BCUT2D eigenvalue weighted by Crippen LogP contribution is -1.91. The summed E-state index contributed by atoms with van der Waals surface area (Å²) in [4.78, 5) is 10.9. The maximum atomic E-state index is 8.54. The van der Waals surface area contributed by atoms with E-state index in [1.165, 1.54) is 9.79 Å². The summed E-state index contributed by atoms with van der Waals surface area (Å²) in [6.07, 6.45) is 0. The summed E-state index contributed by atoms with van der Waals surface area (Å²) in [6, 6.07) is 35.2. The lowest BCUT2D eigenvalue weighted by atomic mass is 10.3. The zero-order valence-electron chi connectivity index (χ0n) is 18.0.